The van der Waals surface area contributed by atoms with E-state index in [0.717, 1.165) is 25.3 Å². The van der Waals surface area contributed by atoms with Gasteiger partial charge in [-0.25, -0.2) is 0 Å². The fourth-order valence-corrected chi connectivity index (χ4v) is 3.13. The van der Waals surface area contributed by atoms with Gasteiger partial charge in [0, 0.05) is 25.6 Å². The van der Waals surface area contributed by atoms with Crippen molar-refractivity contribution in [3.63, 3.8) is 0 Å². The van der Waals surface area contributed by atoms with Gasteiger partial charge in [0.05, 0.1) is 7.11 Å². The maximum Gasteiger partial charge on any atom is 0.220 e. The number of benzene rings is 1. The van der Waals surface area contributed by atoms with E-state index in [0.29, 0.717) is 18.4 Å². The summed E-state index contributed by atoms with van der Waals surface area (Å²) in [4.78, 5) is 14.6. The summed E-state index contributed by atoms with van der Waals surface area (Å²) >= 11 is 0. The van der Waals surface area contributed by atoms with Crippen molar-refractivity contribution in [3.8, 4) is 5.75 Å². The van der Waals surface area contributed by atoms with Crippen LogP contribution in [0.25, 0.3) is 0 Å². The first kappa shape index (κ1) is 17.8. The van der Waals surface area contributed by atoms with Gasteiger partial charge >= 0.3 is 0 Å². The molecule has 1 N–H and O–H groups in total. The van der Waals surface area contributed by atoms with Crippen LogP contribution in [0.1, 0.15) is 38.7 Å². The number of carbonyl (C=O) groups excluding carboxylic acids is 1. The molecule has 1 aromatic rings. The first-order valence-electron chi connectivity index (χ1n) is 8.72. The van der Waals surface area contributed by atoms with Gasteiger partial charge in [-0.15, -0.1) is 0 Å². The highest BCUT2D eigenvalue weighted by atomic mass is 16.5. The number of hydrogen-bond acceptors (Lipinski definition) is 3. The first-order chi connectivity index (χ1) is 11.1. The Balaban J connectivity index is 1.68. The molecule has 128 valence electrons. The van der Waals surface area contributed by atoms with E-state index in [4.69, 9.17) is 4.74 Å². The lowest BCUT2D eigenvalue weighted by molar-refractivity contribution is -0.121. The van der Waals surface area contributed by atoms with Gasteiger partial charge in [-0.2, -0.15) is 0 Å². The standard InChI is InChI=1S/C19H30N2O2/c1-15(2)21-12-4-5-17(14-21)13-20-19(22)11-8-16-6-9-18(23-3)10-7-16/h6-7,9-10,15,17H,4-5,8,11-14H2,1-3H3,(H,20,22)/t17-/m1/s1. The minimum Gasteiger partial charge on any atom is -0.497 e. The second-order valence-corrected chi connectivity index (χ2v) is 6.75. The van der Waals surface area contributed by atoms with Gasteiger partial charge in [0.15, 0.2) is 0 Å². The van der Waals surface area contributed by atoms with E-state index in [1.54, 1.807) is 7.11 Å². The third kappa shape index (κ3) is 5.87. The van der Waals surface area contributed by atoms with E-state index in [-0.39, 0.29) is 5.91 Å². The van der Waals surface area contributed by atoms with E-state index in [1.165, 1.54) is 24.9 Å². The molecule has 0 unspecified atom stereocenters. The van der Waals surface area contributed by atoms with Gasteiger partial charge in [0.1, 0.15) is 5.75 Å². The molecule has 1 atom stereocenters. The summed E-state index contributed by atoms with van der Waals surface area (Å²) < 4.78 is 5.14. The fraction of sp³-hybridized carbons (Fsp3) is 0.632. The molecule has 0 radical (unpaired) electrons. The third-order valence-corrected chi connectivity index (χ3v) is 4.67. The number of hydrogen-bond donors (Lipinski definition) is 1. The number of ether oxygens (including phenoxy) is 1. The molecule has 2 rings (SSSR count). The molecule has 1 heterocycles. The molecule has 4 heteroatoms. The van der Waals surface area contributed by atoms with Crippen LogP contribution in [0.4, 0.5) is 0 Å². The van der Waals surface area contributed by atoms with Crippen LogP contribution in [0.2, 0.25) is 0 Å². The Morgan fingerprint density at radius 1 is 1.35 bits per heavy atom. The molecule has 1 aliphatic rings. The average Bonchev–Trinajstić information content (AvgIpc) is 2.58. The van der Waals surface area contributed by atoms with Crippen LogP contribution in [-0.2, 0) is 11.2 Å². The Hall–Kier alpha value is -1.55. The van der Waals surface area contributed by atoms with Gasteiger partial charge in [0.2, 0.25) is 5.91 Å². The summed E-state index contributed by atoms with van der Waals surface area (Å²) in [6, 6.07) is 8.52. The van der Waals surface area contributed by atoms with Gasteiger partial charge in [-0.3, -0.25) is 4.79 Å². The highest BCUT2D eigenvalue weighted by Gasteiger charge is 2.21. The summed E-state index contributed by atoms with van der Waals surface area (Å²) in [6.07, 6.45) is 3.79. The molecular weight excluding hydrogens is 288 g/mol. The number of piperidine rings is 1. The van der Waals surface area contributed by atoms with Crippen molar-refractivity contribution in [1.29, 1.82) is 0 Å². The number of carbonyl (C=O) groups is 1. The minimum absolute atomic E-state index is 0.155. The average molecular weight is 318 g/mol. The highest BCUT2D eigenvalue weighted by molar-refractivity contribution is 5.76. The van der Waals surface area contributed by atoms with Crippen LogP contribution in [-0.4, -0.2) is 43.6 Å². The van der Waals surface area contributed by atoms with E-state index in [1.807, 2.05) is 24.3 Å². The van der Waals surface area contributed by atoms with E-state index in [9.17, 15) is 4.79 Å². The van der Waals surface area contributed by atoms with Gasteiger partial charge < -0.3 is 15.0 Å². The van der Waals surface area contributed by atoms with E-state index < -0.39 is 0 Å². The van der Waals surface area contributed by atoms with Gasteiger partial charge in [-0.1, -0.05) is 12.1 Å². The zero-order valence-electron chi connectivity index (χ0n) is 14.7. The molecule has 0 aromatic heterocycles. The maximum atomic E-state index is 12.0. The third-order valence-electron chi connectivity index (χ3n) is 4.67. The van der Waals surface area contributed by atoms with Crippen molar-refractivity contribution < 1.29 is 9.53 Å². The lowest BCUT2D eigenvalue weighted by Gasteiger charge is -2.35. The predicted molar refractivity (Wildman–Crippen MR) is 93.8 cm³/mol. The van der Waals surface area contributed by atoms with Crippen molar-refractivity contribution in [1.82, 2.24) is 10.2 Å². The normalized spacial score (nSPS) is 18.9. The molecule has 1 fully saturated rings. The summed E-state index contributed by atoms with van der Waals surface area (Å²) in [6.45, 7) is 7.60. The monoisotopic (exact) mass is 318 g/mol. The minimum atomic E-state index is 0.155. The molecule has 1 aliphatic heterocycles. The van der Waals surface area contributed by atoms with Crippen LogP contribution < -0.4 is 10.1 Å². The first-order valence-corrected chi connectivity index (χ1v) is 8.72. The SMILES string of the molecule is COc1ccc(CCC(=O)NC[C@H]2CCCN(C(C)C)C2)cc1. The molecule has 0 saturated carbocycles. The topological polar surface area (TPSA) is 41.6 Å². The van der Waals surface area contributed by atoms with Crippen molar-refractivity contribution in [2.45, 2.75) is 45.6 Å². The Morgan fingerprint density at radius 3 is 2.74 bits per heavy atom. The molecule has 1 aromatic carbocycles. The number of rotatable bonds is 7. The second kappa shape index (κ2) is 8.92. The van der Waals surface area contributed by atoms with Crippen LogP contribution in [0.15, 0.2) is 24.3 Å². The molecule has 1 saturated heterocycles. The molecule has 23 heavy (non-hydrogen) atoms. The van der Waals surface area contributed by atoms with Crippen LogP contribution >= 0.6 is 0 Å². The number of nitrogens with zero attached hydrogens (tertiary/aromatic N) is 1. The zero-order chi connectivity index (χ0) is 16.7. The van der Waals surface area contributed by atoms with Gasteiger partial charge in [-0.05, 0) is 63.3 Å². The number of nitrogens with one attached hydrogen (secondary N) is 1. The Kier molecular flexibility index (Phi) is 6.90. The highest BCUT2D eigenvalue weighted by Crippen LogP contribution is 2.18. The number of methoxy groups -OCH3 is 1. The summed E-state index contributed by atoms with van der Waals surface area (Å²) in [5.41, 5.74) is 1.17. The van der Waals surface area contributed by atoms with Crippen LogP contribution in [0.3, 0.4) is 0 Å². The molecule has 0 spiro atoms. The maximum absolute atomic E-state index is 12.0. The van der Waals surface area contributed by atoms with Crippen molar-refractivity contribution >= 4 is 5.91 Å². The fourth-order valence-electron chi connectivity index (χ4n) is 3.13. The van der Waals surface area contributed by atoms with E-state index in [2.05, 4.69) is 24.1 Å². The van der Waals surface area contributed by atoms with Crippen molar-refractivity contribution in [2.75, 3.05) is 26.7 Å². The molecular formula is C19H30N2O2. The van der Waals surface area contributed by atoms with Crippen molar-refractivity contribution in [2.24, 2.45) is 5.92 Å². The number of aryl methyl sites for hydroxylation is 1. The second-order valence-electron chi connectivity index (χ2n) is 6.75. The molecule has 4 nitrogen and oxygen atoms in total. The quantitative estimate of drug-likeness (QED) is 0.840. The molecule has 0 aliphatic carbocycles. The van der Waals surface area contributed by atoms with Crippen molar-refractivity contribution in [3.05, 3.63) is 29.8 Å². The van der Waals surface area contributed by atoms with Crippen LogP contribution in [0, 0.1) is 5.92 Å². The van der Waals surface area contributed by atoms with Gasteiger partial charge in [0.25, 0.3) is 0 Å². The Bertz CT molecular complexity index is 485. The molecule has 1 amide bonds. The smallest absolute Gasteiger partial charge is 0.220 e. The summed E-state index contributed by atoms with van der Waals surface area (Å²) in [5, 5.41) is 3.11. The Morgan fingerprint density at radius 2 is 2.09 bits per heavy atom. The molecule has 0 bridgehead atoms. The largest absolute Gasteiger partial charge is 0.497 e. The summed E-state index contributed by atoms with van der Waals surface area (Å²) in [5.74, 6) is 1.60. The number of amides is 1. The van der Waals surface area contributed by atoms with E-state index >= 15 is 0 Å². The lowest BCUT2D eigenvalue weighted by Crippen LogP contribution is -2.43. The zero-order valence-corrected chi connectivity index (χ0v) is 14.7. The Labute approximate surface area is 140 Å². The predicted octanol–water partition coefficient (Wildman–Crippen LogP) is 2.86. The lowest BCUT2D eigenvalue weighted by atomic mass is 9.97. The number of likely N-dealkylation sites (tertiary alicyclic amines) is 1. The summed E-state index contributed by atoms with van der Waals surface area (Å²) in [7, 11) is 1.66. The van der Waals surface area contributed by atoms with Crippen LogP contribution in [0.5, 0.6) is 5.75 Å².